The van der Waals surface area contributed by atoms with Gasteiger partial charge in [0.1, 0.15) is 0 Å². The Morgan fingerprint density at radius 1 is 1.33 bits per heavy atom. The minimum Gasteiger partial charge on any atom is -0.355 e. The van der Waals surface area contributed by atoms with Crippen LogP contribution in [0, 0.1) is 5.92 Å². The van der Waals surface area contributed by atoms with Gasteiger partial charge in [0.25, 0.3) is 0 Å². The predicted molar refractivity (Wildman–Crippen MR) is 80.0 cm³/mol. The third-order valence-electron chi connectivity index (χ3n) is 4.26. The fourth-order valence-electron chi connectivity index (χ4n) is 2.54. The van der Waals surface area contributed by atoms with Crippen molar-refractivity contribution in [3.63, 3.8) is 0 Å². The maximum atomic E-state index is 12.0. The Labute approximate surface area is 116 Å². The quantitative estimate of drug-likeness (QED) is 0.748. The first kappa shape index (κ1) is 15.8. The summed E-state index contributed by atoms with van der Waals surface area (Å²) < 4.78 is 0.226. The Morgan fingerprint density at radius 2 is 1.94 bits per heavy atom. The fourth-order valence-corrected chi connectivity index (χ4v) is 3.33. The van der Waals surface area contributed by atoms with E-state index in [-0.39, 0.29) is 10.7 Å². The number of hydrogen-bond acceptors (Lipinski definition) is 3. The van der Waals surface area contributed by atoms with E-state index in [0.29, 0.717) is 12.3 Å². The molecule has 4 heteroatoms. The van der Waals surface area contributed by atoms with E-state index in [4.69, 9.17) is 0 Å². The molecule has 0 aromatic carbocycles. The Kier molecular flexibility index (Phi) is 7.08. The summed E-state index contributed by atoms with van der Waals surface area (Å²) in [6.07, 6.45) is 7.35. The summed E-state index contributed by atoms with van der Waals surface area (Å²) in [7, 11) is 0. The number of hydrogen-bond donors (Lipinski definition) is 2. The molecule has 1 heterocycles. The number of nitrogens with one attached hydrogen (secondary N) is 2. The lowest BCUT2D eigenvalue weighted by molar-refractivity contribution is -0.122. The van der Waals surface area contributed by atoms with Gasteiger partial charge in [-0.25, -0.2) is 0 Å². The van der Waals surface area contributed by atoms with E-state index in [1.807, 2.05) is 11.8 Å². The standard InChI is InChI=1S/C14H28N2OS/c1-4-14(5-2,18-3)11-16-13(17)10-12-6-8-15-9-7-12/h12,15H,4-11H2,1-3H3,(H,16,17). The van der Waals surface area contributed by atoms with E-state index in [9.17, 15) is 4.79 Å². The summed E-state index contributed by atoms with van der Waals surface area (Å²) in [6.45, 7) is 7.36. The summed E-state index contributed by atoms with van der Waals surface area (Å²) >= 11 is 1.88. The van der Waals surface area contributed by atoms with E-state index in [0.717, 1.165) is 45.3 Å². The minimum atomic E-state index is 0.226. The molecule has 0 atom stereocenters. The largest absolute Gasteiger partial charge is 0.355 e. The van der Waals surface area contributed by atoms with E-state index in [1.165, 1.54) is 0 Å². The lowest BCUT2D eigenvalue weighted by atomic mass is 9.94. The monoisotopic (exact) mass is 272 g/mol. The lowest BCUT2D eigenvalue weighted by Crippen LogP contribution is -2.40. The summed E-state index contributed by atoms with van der Waals surface area (Å²) in [5.74, 6) is 0.820. The first-order valence-electron chi connectivity index (χ1n) is 7.18. The van der Waals surface area contributed by atoms with Gasteiger partial charge >= 0.3 is 0 Å². The zero-order chi connectivity index (χ0) is 13.4. The Morgan fingerprint density at radius 3 is 2.44 bits per heavy atom. The van der Waals surface area contributed by atoms with E-state index >= 15 is 0 Å². The Balaban J connectivity index is 2.30. The number of carbonyl (C=O) groups excluding carboxylic acids is 1. The van der Waals surface area contributed by atoms with Crippen LogP contribution >= 0.6 is 11.8 Å². The van der Waals surface area contributed by atoms with Crippen molar-refractivity contribution >= 4 is 17.7 Å². The zero-order valence-electron chi connectivity index (χ0n) is 12.1. The van der Waals surface area contributed by atoms with Gasteiger partial charge < -0.3 is 10.6 Å². The van der Waals surface area contributed by atoms with Crippen LogP contribution < -0.4 is 10.6 Å². The van der Waals surface area contributed by atoms with Crippen LogP contribution in [0.1, 0.15) is 46.0 Å². The molecule has 0 aliphatic carbocycles. The number of rotatable bonds is 7. The molecule has 0 saturated carbocycles. The van der Waals surface area contributed by atoms with Gasteiger partial charge in [0.15, 0.2) is 0 Å². The Bertz CT molecular complexity index is 240. The van der Waals surface area contributed by atoms with Crippen LogP contribution in [0.4, 0.5) is 0 Å². The highest BCUT2D eigenvalue weighted by atomic mass is 32.2. The highest BCUT2D eigenvalue weighted by Crippen LogP contribution is 2.29. The van der Waals surface area contributed by atoms with Crippen molar-refractivity contribution in [3.05, 3.63) is 0 Å². The highest BCUT2D eigenvalue weighted by molar-refractivity contribution is 8.00. The van der Waals surface area contributed by atoms with Crippen molar-refractivity contribution in [3.8, 4) is 0 Å². The number of thioether (sulfide) groups is 1. The van der Waals surface area contributed by atoms with Crippen molar-refractivity contribution < 1.29 is 4.79 Å². The molecule has 0 bridgehead atoms. The number of amides is 1. The second-order valence-corrected chi connectivity index (χ2v) is 6.54. The predicted octanol–water partition coefficient (Wildman–Crippen LogP) is 2.41. The second kappa shape index (κ2) is 8.05. The molecule has 0 aromatic rings. The van der Waals surface area contributed by atoms with Crippen molar-refractivity contribution in [1.29, 1.82) is 0 Å². The third kappa shape index (κ3) is 4.81. The van der Waals surface area contributed by atoms with Gasteiger partial charge in [0.2, 0.25) is 5.91 Å². The van der Waals surface area contributed by atoms with Gasteiger partial charge in [-0.1, -0.05) is 13.8 Å². The molecule has 1 aliphatic rings. The second-order valence-electron chi connectivity index (χ2n) is 5.27. The van der Waals surface area contributed by atoms with Gasteiger partial charge in [-0.05, 0) is 50.9 Å². The molecule has 2 N–H and O–H groups in total. The maximum absolute atomic E-state index is 12.0. The average Bonchev–Trinajstić information content (AvgIpc) is 2.42. The van der Waals surface area contributed by atoms with Gasteiger partial charge in [0, 0.05) is 17.7 Å². The maximum Gasteiger partial charge on any atom is 0.220 e. The van der Waals surface area contributed by atoms with Crippen LogP contribution in [0.25, 0.3) is 0 Å². The molecule has 1 aliphatic heterocycles. The molecular weight excluding hydrogens is 244 g/mol. The van der Waals surface area contributed by atoms with E-state index in [1.54, 1.807) is 0 Å². The lowest BCUT2D eigenvalue weighted by Gasteiger charge is -2.30. The smallest absolute Gasteiger partial charge is 0.220 e. The van der Waals surface area contributed by atoms with Gasteiger partial charge in [-0.2, -0.15) is 11.8 Å². The van der Waals surface area contributed by atoms with E-state index in [2.05, 4.69) is 30.7 Å². The normalized spacial score (nSPS) is 17.7. The molecule has 0 spiro atoms. The molecule has 0 aromatic heterocycles. The van der Waals surface area contributed by atoms with Crippen molar-refractivity contribution in [1.82, 2.24) is 10.6 Å². The SMILES string of the molecule is CCC(CC)(CNC(=O)CC1CCNCC1)SC. The molecule has 18 heavy (non-hydrogen) atoms. The van der Waals surface area contributed by atoms with E-state index < -0.39 is 0 Å². The van der Waals surface area contributed by atoms with Crippen LogP contribution in [0.5, 0.6) is 0 Å². The van der Waals surface area contributed by atoms with Crippen LogP contribution in [0.3, 0.4) is 0 Å². The molecule has 3 nitrogen and oxygen atoms in total. The summed E-state index contributed by atoms with van der Waals surface area (Å²) in [5.41, 5.74) is 0. The highest BCUT2D eigenvalue weighted by Gasteiger charge is 2.26. The van der Waals surface area contributed by atoms with Gasteiger partial charge in [-0.15, -0.1) is 0 Å². The van der Waals surface area contributed by atoms with Gasteiger partial charge in [0.05, 0.1) is 0 Å². The molecular formula is C14H28N2OS. The molecule has 1 fully saturated rings. The third-order valence-corrected chi connectivity index (χ3v) is 5.85. The first-order valence-corrected chi connectivity index (χ1v) is 8.41. The topological polar surface area (TPSA) is 41.1 Å². The summed E-state index contributed by atoms with van der Waals surface area (Å²) in [6, 6.07) is 0. The summed E-state index contributed by atoms with van der Waals surface area (Å²) in [5, 5.41) is 6.48. The van der Waals surface area contributed by atoms with Gasteiger partial charge in [-0.3, -0.25) is 4.79 Å². The van der Waals surface area contributed by atoms with Crippen molar-refractivity contribution in [2.45, 2.75) is 50.7 Å². The Hall–Kier alpha value is -0.220. The minimum absolute atomic E-state index is 0.226. The van der Waals surface area contributed by atoms with Crippen LogP contribution in [-0.2, 0) is 4.79 Å². The summed E-state index contributed by atoms with van der Waals surface area (Å²) in [4.78, 5) is 12.0. The number of piperidine rings is 1. The first-order chi connectivity index (χ1) is 8.65. The van der Waals surface area contributed by atoms with Crippen molar-refractivity contribution in [2.24, 2.45) is 5.92 Å². The molecule has 106 valence electrons. The zero-order valence-corrected chi connectivity index (χ0v) is 12.9. The number of carbonyl (C=O) groups is 1. The van der Waals surface area contributed by atoms with Crippen LogP contribution in [-0.4, -0.2) is 36.5 Å². The molecule has 0 unspecified atom stereocenters. The molecule has 1 amide bonds. The molecule has 0 radical (unpaired) electrons. The van der Waals surface area contributed by atoms with Crippen LogP contribution in [0.2, 0.25) is 0 Å². The van der Waals surface area contributed by atoms with Crippen molar-refractivity contribution in [2.75, 3.05) is 25.9 Å². The molecule has 1 rings (SSSR count). The average molecular weight is 272 g/mol. The molecule has 1 saturated heterocycles. The van der Waals surface area contributed by atoms with Crippen LogP contribution in [0.15, 0.2) is 0 Å². The fraction of sp³-hybridized carbons (Fsp3) is 0.929.